The van der Waals surface area contributed by atoms with E-state index in [0.717, 1.165) is 10.5 Å². The van der Waals surface area contributed by atoms with Crippen LogP contribution in [0.4, 0.5) is 0 Å². The molecule has 0 amide bonds. The first-order valence-electron chi connectivity index (χ1n) is 5.98. The third kappa shape index (κ3) is 1.83. The number of sulfonamides is 1. The van der Waals surface area contributed by atoms with E-state index in [0.29, 0.717) is 17.7 Å². The van der Waals surface area contributed by atoms with Gasteiger partial charge in [-0.3, -0.25) is 4.79 Å². The molecule has 7 nitrogen and oxygen atoms in total. The van der Waals surface area contributed by atoms with Gasteiger partial charge in [-0.1, -0.05) is 0 Å². The van der Waals surface area contributed by atoms with Crippen molar-refractivity contribution in [3.8, 4) is 0 Å². The maximum Gasteiger partial charge on any atom is 0.323 e. The Hall–Kier alpha value is -1.51. The number of carbonyl (C=O) groups is 1. The SMILES string of the molecule is O=C1CN(S(=O)(=O)c2cccc[n+]2[O-])C2CCNC12. The Morgan fingerprint density at radius 2 is 2.21 bits per heavy atom. The van der Waals surface area contributed by atoms with Gasteiger partial charge in [0, 0.05) is 18.2 Å². The van der Waals surface area contributed by atoms with Gasteiger partial charge in [0.05, 0.1) is 12.6 Å². The van der Waals surface area contributed by atoms with Crippen LogP contribution in [0.3, 0.4) is 0 Å². The number of carbonyl (C=O) groups excluding carboxylic acids is 1. The van der Waals surface area contributed by atoms with Crippen molar-refractivity contribution in [2.45, 2.75) is 23.5 Å². The van der Waals surface area contributed by atoms with Crippen molar-refractivity contribution in [2.75, 3.05) is 13.1 Å². The summed E-state index contributed by atoms with van der Waals surface area (Å²) in [7, 11) is -3.93. The molecule has 1 N–H and O–H groups in total. The predicted molar refractivity (Wildman–Crippen MR) is 64.5 cm³/mol. The first kappa shape index (κ1) is 12.5. The summed E-state index contributed by atoms with van der Waals surface area (Å²) in [6.45, 7) is 0.443. The fourth-order valence-corrected chi connectivity index (χ4v) is 4.35. The van der Waals surface area contributed by atoms with Crippen LogP contribution in [0, 0.1) is 5.21 Å². The summed E-state index contributed by atoms with van der Waals surface area (Å²) in [6.07, 6.45) is 1.72. The molecule has 2 aliphatic heterocycles. The molecule has 0 saturated carbocycles. The van der Waals surface area contributed by atoms with Gasteiger partial charge in [0.15, 0.2) is 12.0 Å². The molecule has 2 unspecified atom stereocenters. The lowest BCUT2D eigenvalue weighted by atomic mass is 10.1. The van der Waals surface area contributed by atoms with Crippen molar-refractivity contribution >= 4 is 15.8 Å². The summed E-state index contributed by atoms with van der Waals surface area (Å²) in [6, 6.07) is 3.39. The summed E-state index contributed by atoms with van der Waals surface area (Å²) in [5, 5.41) is 14.3. The summed E-state index contributed by atoms with van der Waals surface area (Å²) in [5.41, 5.74) is 0. The van der Waals surface area contributed by atoms with Crippen molar-refractivity contribution in [3.63, 3.8) is 0 Å². The summed E-state index contributed by atoms with van der Waals surface area (Å²) in [5.74, 6) is -0.139. The number of ketones is 1. The molecular weight excluding hydrogens is 270 g/mol. The third-order valence-corrected chi connectivity index (χ3v) is 5.44. The van der Waals surface area contributed by atoms with Crippen LogP contribution >= 0.6 is 0 Å². The van der Waals surface area contributed by atoms with E-state index >= 15 is 0 Å². The first-order chi connectivity index (χ1) is 9.01. The minimum atomic E-state index is -3.93. The quantitative estimate of drug-likeness (QED) is 0.533. The maximum absolute atomic E-state index is 12.5. The zero-order valence-corrected chi connectivity index (χ0v) is 10.8. The Balaban J connectivity index is 2.02. The molecule has 2 fully saturated rings. The lowest BCUT2D eigenvalue weighted by Gasteiger charge is -2.20. The predicted octanol–water partition coefficient (Wildman–Crippen LogP) is -1.38. The number of aromatic nitrogens is 1. The van der Waals surface area contributed by atoms with Crippen LogP contribution < -0.4 is 10.0 Å². The third-order valence-electron chi connectivity index (χ3n) is 3.58. The Morgan fingerprint density at radius 1 is 1.42 bits per heavy atom. The van der Waals surface area contributed by atoms with Gasteiger partial charge in [-0.2, -0.15) is 9.04 Å². The molecule has 2 saturated heterocycles. The fraction of sp³-hybridized carbons (Fsp3) is 0.455. The second kappa shape index (κ2) is 4.26. The van der Waals surface area contributed by atoms with Crippen molar-refractivity contribution in [2.24, 2.45) is 0 Å². The first-order valence-corrected chi connectivity index (χ1v) is 7.42. The standard InChI is InChI=1S/C11H13N3O4S/c15-9-7-14(8-4-5-12-11(8)9)19(17,18)10-3-1-2-6-13(10)16/h1-3,6,8,11-12H,4-5,7H2. The van der Waals surface area contributed by atoms with Crippen LogP contribution in [0.1, 0.15) is 6.42 Å². The summed E-state index contributed by atoms with van der Waals surface area (Å²) < 4.78 is 26.4. The molecule has 19 heavy (non-hydrogen) atoms. The fourth-order valence-electron chi connectivity index (χ4n) is 2.69. The highest BCUT2D eigenvalue weighted by atomic mass is 32.2. The number of hydrogen-bond donors (Lipinski definition) is 1. The van der Waals surface area contributed by atoms with Crippen LogP contribution in [0.15, 0.2) is 29.4 Å². The zero-order valence-electron chi connectivity index (χ0n) is 10.0. The average Bonchev–Trinajstić information content (AvgIpc) is 2.94. The molecule has 0 spiro atoms. The maximum atomic E-state index is 12.5. The number of nitrogens with one attached hydrogen (secondary N) is 1. The van der Waals surface area contributed by atoms with E-state index in [9.17, 15) is 18.4 Å². The van der Waals surface area contributed by atoms with Gasteiger partial charge in [-0.15, -0.1) is 0 Å². The van der Waals surface area contributed by atoms with Gasteiger partial charge in [-0.05, 0) is 19.0 Å². The summed E-state index contributed by atoms with van der Waals surface area (Å²) >= 11 is 0. The smallest absolute Gasteiger partial charge is 0.323 e. The second-order valence-corrected chi connectivity index (χ2v) is 6.51. The van der Waals surface area contributed by atoms with Crippen molar-refractivity contribution in [1.82, 2.24) is 9.62 Å². The lowest BCUT2D eigenvalue weighted by Crippen LogP contribution is -2.44. The average molecular weight is 283 g/mol. The number of Topliss-reactive ketones (excluding diaryl/α,β-unsaturated/α-hetero) is 1. The van der Waals surface area contributed by atoms with Crippen LogP contribution in [0.25, 0.3) is 0 Å². The van der Waals surface area contributed by atoms with Crippen LogP contribution in [0.2, 0.25) is 0 Å². The Bertz CT molecular complexity index is 631. The van der Waals surface area contributed by atoms with Crippen molar-refractivity contribution in [1.29, 1.82) is 0 Å². The van der Waals surface area contributed by atoms with E-state index in [-0.39, 0.29) is 23.4 Å². The molecule has 1 aromatic heterocycles. The molecule has 3 heterocycles. The molecule has 0 bridgehead atoms. The lowest BCUT2D eigenvalue weighted by molar-refractivity contribution is -0.646. The van der Waals surface area contributed by atoms with Crippen LogP contribution in [0.5, 0.6) is 0 Å². The van der Waals surface area contributed by atoms with Gasteiger partial charge in [-0.25, -0.2) is 8.42 Å². The van der Waals surface area contributed by atoms with Gasteiger partial charge >= 0.3 is 15.0 Å². The van der Waals surface area contributed by atoms with Gasteiger partial charge in [0.1, 0.15) is 0 Å². The largest absolute Gasteiger partial charge is 0.618 e. The Kier molecular flexibility index (Phi) is 2.80. The molecule has 1 aromatic rings. The molecule has 0 radical (unpaired) electrons. The number of fused-ring (bicyclic) bond motifs is 1. The number of hydrogen-bond acceptors (Lipinski definition) is 5. The minimum absolute atomic E-state index is 0.139. The van der Waals surface area contributed by atoms with Crippen LogP contribution in [-0.4, -0.2) is 43.7 Å². The van der Waals surface area contributed by atoms with Gasteiger partial charge in [0.25, 0.3) is 0 Å². The van der Waals surface area contributed by atoms with E-state index in [1.54, 1.807) is 0 Å². The molecule has 2 atom stereocenters. The second-order valence-electron chi connectivity index (χ2n) is 4.67. The molecular formula is C11H13N3O4S. The van der Waals surface area contributed by atoms with E-state index in [2.05, 4.69) is 5.32 Å². The van der Waals surface area contributed by atoms with E-state index < -0.39 is 16.1 Å². The van der Waals surface area contributed by atoms with E-state index in [1.807, 2.05) is 0 Å². The van der Waals surface area contributed by atoms with E-state index in [4.69, 9.17) is 0 Å². The van der Waals surface area contributed by atoms with E-state index in [1.165, 1.54) is 18.2 Å². The Morgan fingerprint density at radius 3 is 2.95 bits per heavy atom. The highest BCUT2D eigenvalue weighted by Gasteiger charge is 2.50. The number of nitrogens with zero attached hydrogens (tertiary/aromatic N) is 2. The van der Waals surface area contributed by atoms with Crippen molar-refractivity contribution < 1.29 is 17.9 Å². The molecule has 0 aromatic carbocycles. The topological polar surface area (TPSA) is 93.4 Å². The minimum Gasteiger partial charge on any atom is -0.618 e. The molecule has 102 valence electrons. The van der Waals surface area contributed by atoms with Gasteiger partial charge in [0.2, 0.25) is 0 Å². The molecule has 0 aliphatic carbocycles. The zero-order chi connectivity index (χ0) is 13.6. The highest BCUT2D eigenvalue weighted by molar-refractivity contribution is 7.89. The summed E-state index contributed by atoms with van der Waals surface area (Å²) in [4.78, 5) is 11.8. The molecule has 2 aliphatic rings. The Labute approximate surface area is 110 Å². The molecule has 3 rings (SSSR count). The number of rotatable bonds is 2. The number of pyridine rings is 1. The normalized spacial score (nSPS) is 27.7. The highest BCUT2D eigenvalue weighted by Crippen LogP contribution is 2.27. The monoisotopic (exact) mass is 283 g/mol. The van der Waals surface area contributed by atoms with Crippen LogP contribution in [-0.2, 0) is 14.8 Å². The van der Waals surface area contributed by atoms with Gasteiger partial charge < -0.3 is 10.5 Å². The van der Waals surface area contributed by atoms with Crippen molar-refractivity contribution in [3.05, 3.63) is 29.6 Å². The molecule has 8 heteroatoms.